The molecule has 7 heteroatoms. The zero-order chi connectivity index (χ0) is 19.3. The van der Waals surface area contributed by atoms with E-state index in [0.717, 1.165) is 15.8 Å². The second-order valence-electron chi connectivity index (χ2n) is 6.14. The molecule has 0 atom stereocenters. The lowest BCUT2D eigenvalue weighted by Crippen LogP contribution is -2.13. The number of hydrogen-bond donors (Lipinski definition) is 5. The Morgan fingerprint density at radius 1 is 1.00 bits per heavy atom. The van der Waals surface area contributed by atoms with Crippen LogP contribution in [-0.4, -0.2) is 19.0 Å². The second-order valence-corrected chi connectivity index (χ2v) is 6.99. The Labute approximate surface area is 162 Å². The van der Waals surface area contributed by atoms with Gasteiger partial charge in [0.15, 0.2) is 0 Å². The number of nitrogen functional groups attached to an aromatic ring is 2. The molecule has 1 amide bonds. The lowest BCUT2D eigenvalue weighted by Gasteiger charge is -2.15. The summed E-state index contributed by atoms with van der Waals surface area (Å²) in [6, 6.07) is 10.8. The molecule has 0 radical (unpaired) electrons. The number of benzene rings is 2. The van der Waals surface area contributed by atoms with E-state index in [1.807, 2.05) is 18.2 Å². The van der Waals surface area contributed by atoms with Gasteiger partial charge < -0.3 is 27.8 Å². The minimum Gasteiger partial charge on any atom is -0.397 e. The van der Waals surface area contributed by atoms with E-state index < -0.39 is 5.91 Å². The Balaban J connectivity index is 1.98. The third-order valence-electron chi connectivity index (χ3n) is 4.21. The zero-order valence-corrected chi connectivity index (χ0v) is 16.5. The summed E-state index contributed by atoms with van der Waals surface area (Å²) < 4.78 is 0.873. The smallest absolute Gasteiger partial charge is 0.248 e. The summed E-state index contributed by atoms with van der Waals surface area (Å²) in [6.07, 6.45) is 0. The van der Waals surface area contributed by atoms with Crippen LogP contribution in [-0.2, 0) is 0 Å². The molecule has 0 spiro atoms. The molecule has 0 aliphatic heterocycles. The van der Waals surface area contributed by atoms with Gasteiger partial charge in [-0.3, -0.25) is 4.79 Å². The SMILES string of the molecule is C/C(CNc1ccc(C(N)=O)cc1N)=C(/C)CNc1cccc(Br)c1N. The van der Waals surface area contributed by atoms with Crippen molar-refractivity contribution >= 4 is 44.6 Å². The monoisotopic (exact) mass is 417 g/mol. The van der Waals surface area contributed by atoms with Crippen LogP contribution in [0.1, 0.15) is 24.2 Å². The van der Waals surface area contributed by atoms with Crippen molar-refractivity contribution in [2.24, 2.45) is 5.73 Å². The molecule has 0 unspecified atom stereocenters. The van der Waals surface area contributed by atoms with E-state index in [0.29, 0.717) is 30.0 Å². The van der Waals surface area contributed by atoms with E-state index in [4.69, 9.17) is 17.2 Å². The normalized spacial score (nSPS) is 11.7. The predicted octanol–water partition coefficient (Wildman–Crippen LogP) is 3.57. The van der Waals surface area contributed by atoms with Gasteiger partial charge in [0.05, 0.1) is 22.7 Å². The molecule has 0 bridgehead atoms. The highest BCUT2D eigenvalue weighted by atomic mass is 79.9. The number of para-hydroxylation sites is 1. The molecule has 6 nitrogen and oxygen atoms in total. The number of rotatable bonds is 7. The Bertz CT molecular complexity index is 848. The van der Waals surface area contributed by atoms with Gasteiger partial charge in [-0.1, -0.05) is 17.2 Å². The van der Waals surface area contributed by atoms with Gasteiger partial charge in [-0.15, -0.1) is 0 Å². The number of carbonyl (C=O) groups excluding carboxylic acids is 1. The third-order valence-corrected chi connectivity index (χ3v) is 4.90. The summed E-state index contributed by atoms with van der Waals surface area (Å²) in [5.41, 5.74) is 22.9. The van der Waals surface area contributed by atoms with E-state index in [1.165, 1.54) is 11.1 Å². The van der Waals surface area contributed by atoms with Crippen LogP contribution in [0.2, 0.25) is 0 Å². The lowest BCUT2D eigenvalue weighted by atomic mass is 10.1. The number of amides is 1. The first-order chi connectivity index (χ1) is 12.3. The Morgan fingerprint density at radius 2 is 1.62 bits per heavy atom. The van der Waals surface area contributed by atoms with Crippen molar-refractivity contribution in [2.75, 3.05) is 35.2 Å². The molecule has 138 valence electrons. The highest BCUT2D eigenvalue weighted by molar-refractivity contribution is 9.10. The molecule has 0 fully saturated rings. The Morgan fingerprint density at radius 3 is 2.19 bits per heavy atom. The molecule has 0 saturated carbocycles. The van der Waals surface area contributed by atoms with E-state index in [-0.39, 0.29) is 0 Å². The molecular weight excluding hydrogens is 394 g/mol. The van der Waals surface area contributed by atoms with Gasteiger partial charge in [0.2, 0.25) is 5.91 Å². The minimum atomic E-state index is -0.493. The molecule has 0 heterocycles. The Hall–Kier alpha value is -2.67. The fourth-order valence-corrected chi connectivity index (χ4v) is 2.69. The summed E-state index contributed by atoms with van der Waals surface area (Å²) in [4.78, 5) is 11.2. The van der Waals surface area contributed by atoms with Crippen molar-refractivity contribution in [1.82, 2.24) is 0 Å². The number of halogens is 1. The fourth-order valence-electron chi connectivity index (χ4n) is 2.33. The average molecular weight is 418 g/mol. The lowest BCUT2D eigenvalue weighted by molar-refractivity contribution is 0.100. The number of primary amides is 1. The van der Waals surface area contributed by atoms with Gasteiger partial charge in [-0.2, -0.15) is 0 Å². The van der Waals surface area contributed by atoms with E-state index in [2.05, 4.69) is 40.4 Å². The van der Waals surface area contributed by atoms with Crippen molar-refractivity contribution in [3.05, 3.63) is 57.6 Å². The largest absolute Gasteiger partial charge is 0.397 e. The van der Waals surface area contributed by atoms with Crippen LogP contribution in [0.15, 0.2) is 52.0 Å². The van der Waals surface area contributed by atoms with Gasteiger partial charge in [0.1, 0.15) is 0 Å². The van der Waals surface area contributed by atoms with Crippen molar-refractivity contribution < 1.29 is 4.79 Å². The van der Waals surface area contributed by atoms with E-state index in [1.54, 1.807) is 18.2 Å². The van der Waals surface area contributed by atoms with E-state index >= 15 is 0 Å². The molecule has 0 saturated heterocycles. The number of anilines is 4. The maximum absolute atomic E-state index is 11.2. The summed E-state index contributed by atoms with van der Waals surface area (Å²) in [5, 5.41) is 6.63. The maximum Gasteiger partial charge on any atom is 0.248 e. The molecule has 26 heavy (non-hydrogen) atoms. The summed E-state index contributed by atoms with van der Waals surface area (Å²) in [5.74, 6) is -0.493. The second kappa shape index (κ2) is 8.62. The average Bonchev–Trinajstić information content (AvgIpc) is 2.61. The fraction of sp³-hybridized carbons (Fsp3) is 0.211. The van der Waals surface area contributed by atoms with Crippen molar-refractivity contribution in [3.63, 3.8) is 0 Å². The first kappa shape index (κ1) is 19.7. The summed E-state index contributed by atoms with van der Waals surface area (Å²) >= 11 is 3.43. The molecule has 8 N–H and O–H groups in total. The molecule has 0 aromatic heterocycles. The predicted molar refractivity (Wildman–Crippen MR) is 113 cm³/mol. The van der Waals surface area contributed by atoms with Crippen LogP contribution in [0.3, 0.4) is 0 Å². The van der Waals surface area contributed by atoms with Crippen molar-refractivity contribution in [3.8, 4) is 0 Å². The minimum absolute atomic E-state index is 0.396. The molecule has 0 aliphatic carbocycles. The van der Waals surface area contributed by atoms with Crippen LogP contribution >= 0.6 is 15.9 Å². The van der Waals surface area contributed by atoms with Crippen LogP contribution in [0.4, 0.5) is 22.7 Å². The van der Waals surface area contributed by atoms with Crippen molar-refractivity contribution in [1.29, 1.82) is 0 Å². The van der Waals surface area contributed by atoms with Gasteiger partial charge in [-0.05, 0) is 60.1 Å². The zero-order valence-electron chi connectivity index (χ0n) is 14.9. The van der Waals surface area contributed by atoms with Gasteiger partial charge in [0.25, 0.3) is 0 Å². The van der Waals surface area contributed by atoms with Gasteiger partial charge >= 0.3 is 0 Å². The first-order valence-electron chi connectivity index (χ1n) is 8.16. The first-order valence-corrected chi connectivity index (χ1v) is 8.95. The number of nitrogens with two attached hydrogens (primary N) is 3. The number of carbonyl (C=O) groups is 1. The molecule has 2 rings (SSSR count). The molecule has 0 aliphatic rings. The standard InChI is InChI=1S/C19H24BrN5O/c1-11(9-24-16-7-6-13(19(23)26)8-15(16)21)12(2)10-25-17-5-3-4-14(20)18(17)22/h3-8,24-25H,9-10,21-22H2,1-2H3,(H2,23,26)/b12-11+. The van der Waals surface area contributed by atoms with Crippen molar-refractivity contribution in [2.45, 2.75) is 13.8 Å². The topological polar surface area (TPSA) is 119 Å². The van der Waals surface area contributed by atoms with Crippen LogP contribution in [0.5, 0.6) is 0 Å². The highest BCUT2D eigenvalue weighted by Crippen LogP contribution is 2.27. The molecular formula is C19H24BrN5O. The van der Waals surface area contributed by atoms with Crippen LogP contribution in [0.25, 0.3) is 0 Å². The number of hydrogen-bond acceptors (Lipinski definition) is 5. The van der Waals surface area contributed by atoms with Crippen LogP contribution in [0, 0.1) is 0 Å². The Kier molecular flexibility index (Phi) is 6.52. The maximum atomic E-state index is 11.2. The molecule has 2 aromatic rings. The van der Waals surface area contributed by atoms with Crippen LogP contribution < -0.4 is 27.8 Å². The van der Waals surface area contributed by atoms with Gasteiger partial charge in [0, 0.05) is 23.1 Å². The highest BCUT2D eigenvalue weighted by Gasteiger charge is 2.06. The third kappa shape index (κ3) is 4.92. The number of nitrogens with one attached hydrogen (secondary N) is 2. The summed E-state index contributed by atoms with van der Waals surface area (Å²) in [6.45, 7) is 5.45. The van der Waals surface area contributed by atoms with E-state index in [9.17, 15) is 4.79 Å². The summed E-state index contributed by atoms with van der Waals surface area (Å²) in [7, 11) is 0. The van der Waals surface area contributed by atoms with Gasteiger partial charge in [-0.25, -0.2) is 0 Å². The quantitative estimate of drug-likeness (QED) is 0.348. The molecule has 2 aromatic carbocycles.